The number of carbonyl (C=O) groups excluding carboxylic acids is 2. The summed E-state index contributed by atoms with van der Waals surface area (Å²) in [4.78, 5) is 24.5. The Bertz CT molecular complexity index is 499. The molecule has 1 aliphatic rings. The molecule has 0 aliphatic carbocycles. The van der Waals surface area contributed by atoms with Crippen LogP contribution in [0.2, 0.25) is 0 Å². The van der Waals surface area contributed by atoms with E-state index in [1.54, 1.807) is 6.92 Å². The molecule has 1 aliphatic heterocycles. The summed E-state index contributed by atoms with van der Waals surface area (Å²) in [5.74, 6) is -1.70. The van der Waals surface area contributed by atoms with Crippen LogP contribution >= 0.6 is 0 Å². The van der Waals surface area contributed by atoms with Crippen LogP contribution in [0.1, 0.15) is 12.5 Å². The third kappa shape index (κ3) is 3.07. The zero-order valence-corrected chi connectivity index (χ0v) is 10.5. The molecule has 0 aromatic heterocycles. The van der Waals surface area contributed by atoms with Gasteiger partial charge in [0, 0.05) is 12.6 Å². The minimum atomic E-state index is -0.647. The highest BCUT2D eigenvalue weighted by atomic mass is 19.1. The first kappa shape index (κ1) is 13.5. The molecule has 102 valence electrons. The van der Waals surface area contributed by atoms with Crippen molar-refractivity contribution < 1.29 is 18.4 Å². The van der Waals surface area contributed by atoms with Gasteiger partial charge >= 0.3 is 0 Å². The molecule has 19 heavy (non-hydrogen) atoms. The van der Waals surface area contributed by atoms with Gasteiger partial charge in [-0.05, 0) is 31.0 Å². The predicted molar refractivity (Wildman–Crippen MR) is 64.2 cm³/mol. The molecule has 2 amide bonds. The van der Waals surface area contributed by atoms with Gasteiger partial charge in [0.15, 0.2) is 0 Å². The standard InChI is InChI=1S/C13H14F2N2O2/c1-8-13(19)16-7-12(18)17(8)3-2-9-4-10(14)6-11(15)5-9/h4-6,8H,2-3,7H2,1H3,(H,16,19). The Labute approximate surface area is 109 Å². The first-order chi connectivity index (χ1) is 8.97. The SMILES string of the molecule is CC1C(=O)NCC(=O)N1CCc1cc(F)cc(F)c1. The molecule has 1 unspecified atom stereocenters. The Kier molecular flexibility index (Phi) is 3.78. The number of hydrogen-bond donors (Lipinski definition) is 1. The lowest BCUT2D eigenvalue weighted by Gasteiger charge is -2.32. The highest BCUT2D eigenvalue weighted by Gasteiger charge is 2.30. The van der Waals surface area contributed by atoms with Crippen molar-refractivity contribution in [3.05, 3.63) is 35.4 Å². The molecule has 4 nitrogen and oxygen atoms in total. The third-order valence-electron chi connectivity index (χ3n) is 3.14. The molecule has 0 saturated carbocycles. The number of nitrogens with zero attached hydrogens (tertiary/aromatic N) is 1. The monoisotopic (exact) mass is 268 g/mol. The fourth-order valence-electron chi connectivity index (χ4n) is 2.09. The molecule has 1 N–H and O–H groups in total. The van der Waals surface area contributed by atoms with Crippen molar-refractivity contribution >= 4 is 11.8 Å². The van der Waals surface area contributed by atoms with Crippen LogP contribution in [0.4, 0.5) is 8.78 Å². The van der Waals surface area contributed by atoms with E-state index in [0.717, 1.165) is 6.07 Å². The number of amides is 2. The van der Waals surface area contributed by atoms with E-state index in [-0.39, 0.29) is 24.9 Å². The Morgan fingerprint density at radius 1 is 1.26 bits per heavy atom. The van der Waals surface area contributed by atoms with Crippen molar-refractivity contribution in [1.82, 2.24) is 10.2 Å². The van der Waals surface area contributed by atoms with Gasteiger partial charge in [-0.3, -0.25) is 9.59 Å². The summed E-state index contributed by atoms with van der Waals surface area (Å²) in [6.07, 6.45) is 0.304. The van der Waals surface area contributed by atoms with Gasteiger partial charge in [0.25, 0.3) is 0 Å². The van der Waals surface area contributed by atoms with Crippen molar-refractivity contribution in [2.45, 2.75) is 19.4 Å². The summed E-state index contributed by atoms with van der Waals surface area (Å²) < 4.78 is 26.0. The van der Waals surface area contributed by atoms with Crippen LogP contribution in [-0.4, -0.2) is 35.8 Å². The van der Waals surface area contributed by atoms with Crippen LogP contribution in [0.3, 0.4) is 0 Å². The largest absolute Gasteiger partial charge is 0.345 e. The second-order valence-corrected chi connectivity index (χ2v) is 4.51. The van der Waals surface area contributed by atoms with E-state index >= 15 is 0 Å². The number of rotatable bonds is 3. The van der Waals surface area contributed by atoms with Gasteiger partial charge in [-0.25, -0.2) is 8.78 Å². The number of nitrogens with one attached hydrogen (secondary N) is 1. The zero-order chi connectivity index (χ0) is 14.0. The summed E-state index contributed by atoms with van der Waals surface area (Å²) in [6.45, 7) is 1.86. The number of piperazine rings is 1. The molecular formula is C13H14F2N2O2. The lowest BCUT2D eigenvalue weighted by Crippen LogP contribution is -2.57. The molecule has 1 aromatic carbocycles. The van der Waals surface area contributed by atoms with Crippen molar-refractivity contribution in [3.63, 3.8) is 0 Å². The Balaban J connectivity index is 2.04. The molecule has 2 rings (SSSR count). The second-order valence-electron chi connectivity index (χ2n) is 4.51. The molecule has 0 bridgehead atoms. The molecule has 1 atom stereocenters. The van der Waals surface area contributed by atoms with Gasteiger partial charge in [0.2, 0.25) is 11.8 Å². The molecule has 1 heterocycles. The molecule has 0 spiro atoms. The smallest absolute Gasteiger partial charge is 0.242 e. The first-order valence-corrected chi connectivity index (χ1v) is 5.99. The van der Waals surface area contributed by atoms with Crippen molar-refractivity contribution in [1.29, 1.82) is 0 Å². The Morgan fingerprint density at radius 2 is 1.89 bits per heavy atom. The van der Waals surface area contributed by atoms with E-state index in [1.165, 1.54) is 17.0 Å². The van der Waals surface area contributed by atoms with Gasteiger partial charge in [-0.15, -0.1) is 0 Å². The maximum atomic E-state index is 13.0. The molecular weight excluding hydrogens is 254 g/mol. The van der Waals surface area contributed by atoms with E-state index < -0.39 is 17.7 Å². The maximum Gasteiger partial charge on any atom is 0.242 e. The number of carbonyl (C=O) groups is 2. The Morgan fingerprint density at radius 3 is 2.53 bits per heavy atom. The van der Waals surface area contributed by atoms with E-state index in [4.69, 9.17) is 0 Å². The van der Waals surface area contributed by atoms with Crippen LogP contribution in [-0.2, 0) is 16.0 Å². The summed E-state index contributed by atoms with van der Waals surface area (Å²) in [5, 5.41) is 2.48. The van der Waals surface area contributed by atoms with E-state index in [1.807, 2.05) is 0 Å². The summed E-state index contributed by atoms with van der Waals surface area (Å²) >= 11 is 0. The van der Waals surface area contributed by atoms with Gasteiger partial charge < -0.3 is 10.2 Å². The molecule has 0 radical (unpaired) electrons. The average molecular weight is 268 g/mol. The van der Waals surface area contributed by atoms with Crippen molar-refractivity contribution in [2.75, 3.05) is 13.1 Å². The quantitative estimate of drug-likeness (QED) is 0.883. The topological polar surface area (TPSA) is 49.4 Å². The van der Waals surface area contributed by atoms with Crippen LogP contribution in [0, 0.1) is 11.6 Å². The van der Waals surface area contributed by atoms with Gasteiger partial charge in [-0.2, -0.15) is 0 Å². The zero-order valence-electron chi connectivity index (χ0n) is 10.5. The predicted octanol–water partition coefficient (Wildman–Crippen LogP) is 0.854. The number of benzene rings is 1. The fraction of sp³-hybridized carbons (Fsp3) is 0.385. The summed E-state index contributed by atoms with van der Waals surface area (Å²) in [7, 11) is 0. The molecule has 1 fully saturated rings. The Hall–Kier alpha value is -1.98. The number of halogens is 2. The normalized spacial score (nSPS) is 19.5. The van der Waals surface area contributed by atoms with Crippen molar-refractivity contribution in [3.8, 4) is 0 Å². The molecule has 1 saturated heterocycles. The average Bonchev–Trinajstić information content (AvgIpc) is 2.33. The van der Waals surface area contributed by atoms with E-state index in [2.05, 4.69) is 5.32 Å². The van der Waals surface area contributed by atoms with Gasteiger partial charge in [0.05, 0.1) is 6.54 Å². The van der Waals surface area contributed by atoms with Gasteiger partial charge in [0.1, 0.15) is 17.7 Å². The van der Waals surface area contributed by atoms with Crippen LogP contribution in [0.25, 0.3) is 0 Å². The minimum Gasteiger partial charge on any atom is -0.345 e. The second kappa shape index (κ2) is 5.34. The summed E-state index contributed by atoms with van der Waals surface area (Å²) in [5.41, 5.74) is 0.462. The van der Waals surface area contributed by atoms with Crippen LogP contribution in [0.15, 0.2) is 18.2 Å². The fourth-order valence-corrected chi connectivity index (χ4v) is 2.09. The van der Waals surface area contributed by atoms with E-state index in [9.17, 15) is 18.4 Å². The highest BCUT2D eigenvalue weighted by molar-refractivity contribution is 5.94. The van der Waals surface area contributed by atoms with Gasteiger partial charge in [-0.1, -0.05) is 0 Å². The number of hydrogen-bond acceptors (Lipinski definition) is 2. The lowest BCUT2D eigenvalue weighted by atomic mass is 10.1. The lowest BCUT2D eigenvalue weighted by molar-refractivity contribution is -0.144. The minimum absolute atomic E-state index is 0.0271. The summed E-state index contributed by atoms with van der Waals surface area (Å²) in [6, 6.07) is 2.69. The van der Waals surface area contributed by atoms with Crippen LogP contribution in [0.5, 0.6) is 0 Å². The van der Waals surface area contributed by atoms with E-state index in [0.29, 0.717) is 12.0 Å². The highest BCUT2D eigenvalue weighted by Crippen LogP contribution is 2.11. The molecule has 6 heteroatoms. The van der Waals surface area contributed by atoms with Crippen molar-refractivity contribution in [2.24, 2.45) is 0 Å². The first-order valence-electron chi connectivity index (χ1n) is 5.99. The van der Waals surface area contributed by atoms with Crippen LogP contribution < -0.4 is 5.32 Å². The molecule has 1 aromatic rings. The third-order valence-corrected chi connectivity index (χ3v) is 3.14. The maximum absolute atomic E-state index is 13.0.